The van der Waals surface area contributed by atoms with E-state index in [4.69, 9.17) is 17.3 Å². The zero-order valence-corrected chi connectivity index (χ0v) is 5.15. The standard InChI is InChI=1S/C5H9NO4/c6-3(5(9)10)1-2-4(7)8/h3H,1-2,6H2,(H,7,8)(H,9,10)/t3-/m0/s1/i2D/t2?,3-. The molecule has 0 aromatic rings. The van der Waals surface area contributed by atoms with Crippen LogP contribution in [0.2, 0.25) is 0 Å². The maximum atomic E-state index is 10.1. The van der Waals surface area contributed by atoms with Crippen LogP contribution in [0.1, 0.15) is 14.2 Å². The van der Waals surface area contributed by atoms with Gasteiger partial charge in [-0.2, -0.15) is 0 Å². The van der Waals surface area contributed by atoms with Crippen molar-refractivity contribution in [2.24, 2.45) is 5.73 Å². The van der Waals surface area contributed by atoms with Gasteiger partial charge >= 0.3 is 11.9 Å². The lowest BCUT2D eigenvalue weighted by Crippen LogP contribution is -2.30. The molecule has 0 fully saturated rings. The van der Waals surface area contributed by atoms with Crippen molar-refractivity contribution in [3.63, 3.8) is 0 Å². The van der Waals surface area contributed by atoms with Gasteiger partial charge in [-0.25, -0.2) is 0 Å². The molecule has 4 N–H and O–H groups in total. The molecule has 0 bridgehead atoms. The summed E-state index contributed by atoms with van der Waals surface area (Å²) >= 11 is 0. The van der Waals surface area contributed by atoms with Crippen molar-refractivity contribution in [2.75, 3.05) is 0 Å². The lowest BCUT2D eigenvalue weighted by atomic mass is 10.2. The lowest BCUT2D eigenvalue weighted by Gasteiger charge is -2.01. The van der Waals surface area contributed by atoms with Crippen molar-refractivity contribution in [2.45, 2.75) is 18.9 Å². The molecule has 0 saturated carbocycles. The highest BCUT2D eigenvalue weighted by atomic mass is 16.4. The number of carboxylic acids is 2. The van der Waals surface area contributed by atoms with E-state index in [-0.39, 0.29) is 6.42 Å². The van der Waals surface area contributed by atoms with Gasteiger partial charge in [-0.15, -0.1) is 0 Å². The molecule has 0 aromatic heterocycles. The first kappa shape index (κ1) is 7.01. The van der Waals surface area contributed by atoms with Crippen molar-refractivity contribution in [3.05, 3.63) is 0 Å². The average Bonchev–Trinajstić information content (AvgIpc) is 1.87. The molecule has 0 amide bonds. The predicted molar refractivity (Wildman–Crippen MR) is 32.5 cm³/mol. The molecule has 0 aromatic carbocycles. The van der Waals surface area contributed by atoms with E-state index in [0.717, 1.165) is 0 Å². The molecule has 2 atom stereocenters. The Morgan fingerprint density at radius 3 is 2.40 bits per heavy atom. The van der Waals surface area contributed by atoms with E-state index in [0.29, 0.717) is 0 Å². The third-order valence-electron chi connectivity index (χ3n) is 0.864. The fraction of sp³-hybridized carbons (Fsp3) is 0.600. The van der Waals surface area contributed by atoms with Crippen molar-refractivity contribution in [1.29, 1.82) is 0 Å². The Bertz CT molecular complexity index is 154. The van der Waals surface area contributed by atoms with Crippen LogP contribution in [0, 0.1) is 0 Å². The molecular weight excluding hydrogens is 138 g/mol. The minimum Gasteiger partial charge on any atom is -0.481 e. The second-order valence-electron chi connectivity index (χ2n) is 1.72. The predicted octanol–water partition coefficient (Wildman–Crippen LogP) is -0.737. The molecule has 0 radical (unpaired) electrons. The second-order valence-corrected chi connectivity index (χ2v) is 1.72. The molecule has 0 aliphatic heterocycles. The molecule has 0 saturated heterocycles. The van der Waals surface area contributed by atoms with E-state index >= 15 is 0 Å². The normalized spacial score (nSPS) is 17.1. The Kier molecular flexibility index (Phi) is 2.69. The highest BCUT2D eigenvalue weighted by Crippen LogP contribution is 1.93. The molecule has 0 aliphatic rings. The first-order chi connectivity index (χ1) is 4.95. The number of nitrogens with two attached hydrogens (primary N) is 1. The third kappa shape index (κ3) is 3.85. The van der Waals surface area contributed by atoms with Crippen molar-refractivity contribution in [3.8, 4) is 0 Å². The molecular formula is C5H9NO4. The van der Waals surface area contributed by atoms with E-state index in [9.17, 15) is 9.59 Å². The highest BCUT2D eigenvalue weighted by Gasteiger charge is 2.12. The molecule has 0 heterocycles. The Hall–Kier alpha value is -1.10. The van der Waals surface area contributed by atoms with Crippen LogP contribution < -0.4 is 5.73 Å². The lowest BCUT2D eigenvalue weighted by molar-refractivity contribution is -0.139. The summed E-state index contributed by atoms with van der Waals surface area (Å²) in [5.74, 6) is -2.65. The summed E-state index contributed by atoms with van der Waals surface area (Å²) in [6, 6.07) is -1.27. The quantitative estimate of drug-likeness (QED) is 0.487. The van der Waals surface area contributed by atoms with Crippen LogP contribution in [-0.4, -0.2) is 28.2 Å². The van der Waals surface area contributed by atoms with Crippen LogP contribution in [0.25, 0.3) is 0 Å². The zero-order valence-electron chi connectivity index (χ0n) is 6.15. The summed E-state index contributed by atoms with van der Waals surface area (Å²) in [6.45, 7) is 0. The first-order valence-corrected chi connectivity index (χ1v) is 2.58. The number of rotatable bonds is 4. The Balaban J connectivity index is 3.84. The van der Waals surface area contributed by atoms with Gasteiger partial charge in [0.15, 0.2) is 0 Å². The smallest absolute Gasteiger partial charge is 0.320 e. The summed E-state index contributed by atoms with van der Waals surface area (Å²) < 4.78 is 6.81. The molecule has 0 rings (SSSR count). The van der Waals surface area contributed by atoms with Crippen molar-refractivity contribution in [1.82, 2.24) is 0 Å². The van der Waals surface area contributed by atoms with Gasteiger partial charge in [0.1, 0.15) is 6.04 Å². The van der Waals surface area contributed by atoms with E-state index < -0.39 is 24.4 Å². The minimum absolute atomic E-state index is 0.370. The van der Waals surface area contributed by atoms with Gasteiger partial charge in [0, 0.05) is 7.77 Å². The monoisotopic (exact) mass is 148 g/mol. The number of hydrogen-bond donors (Lipinski definition) is 3. The Morgan fingerprint density at radius 1 is 1.60 bits per heavy atom. The fourth-order valence-corrected chi connectivity index (χ4v) is 0.329. The summed E-state index contributed by atoms with van der Waals surface area (Å²) in [4.78, 5) is 20.1. The van der Waals surface area contributed by atoms with Crippen LogP contribution in [0.5, 0.6) is 0 Å². The van der Waals surface area contributed by atoms with E-state index in [1.807, 2.05) is 0 Å². The highest BCUT2D eigenvalue weighted by molar-refractivity contribution is 5.74. The topological polar surface area (TPSA) is 101 Å². The van der Waals surface area contributed by atoms with Gasteiger partial charge in [-0.1, -0.05) is 0 Å². The Labute approximate surface area is 58.9 Å². The molecule has 58 valence electrons. The first-order valence-electron chi connectivity index (χ1n) is 3.16. The SMILES string of the molecule is [2H]C(C[C@H](N)C(=O)O)C(=O)O. The van der Waals surface area contributed by atoms with Crippen LogP contribution in [0.3, 0.4) is 0 Å². The fourth-order valence-electron chi connectivity index (χ4n) is 0.329. The van der Waals surface area contributed by atoms with Crippen molar-refractivity contribution >= 4 is 11.9 Å². The van der Waals surface area contributed by atoms with Crippen LogP contribution in [0.4, 0.5) is 0 Å². The van der Waals surface area contributed by atoms with Gasteiger partial charge in [0.2, 0.25) is 0 Å². The summed E-state index contributed by atoms with van der Waals surface area (Å²) in [5, 5.41) is 16.4. The van der Waals surface area contributed by atoms with Gasteiger partial charge in [-0.05, 0) is 6.42 Å². The summed E-state index contributed by atoms with van der Waals surface area (Å²) in [7, 11) is 0. The molecule has 0 aliphatic carbocycles. The second kappa shape index (κ2) is 3.84. The van der Waals surface area contributed by atoms with Gasteiger partial charge < -0.3 is 15.9 Å². The van der Waals surface area contributed by atoms with E-state index in [1.165, 1.54) is 0 Å². The molecule has 0 spiro atoms. The van der Waals surface area contributed by atoms with Crippen LogP contribution >= 0.6 is 0 Å². The van der Waals surface area contributed by atoms with Crippen LogP contribution in [-0.2, 0) is 9.59 Å². The van der Waals surface area contributed by atoms with Gasteiger partial charge in [0.25, 0.3) is 0 Å². The van der Waals surface area contributed by atoms with Crippen molar-refractivity contribution < 1.29 is 21.2 Å². The number of hydrogen-bond acceptors (Lipinski definition) is 3. The number of carboxylic acid groups (broad SMARTS) is 2. The Morgan fingerprint density at radius 2 is 2.10 bits per heavy atom. The van der Waals surface area contributed by atoms with E-state index in [1.54, 1.807) is 0 Å². The van der Waals surface area contributed by atoms with Gasteiger partial charge in [-0.3, -0.25) is 9.59 Å². The molecule has 5 nitrogen and oxygen atoms in total. The molecule has 5 heteroatoms. The number of carbonyl (C=O) groups is 2. The third-order valence-corrected chi connectivity index (χ3v) is 0.864. The maximum absolute atomic E-state index is 10.1. The molecule has 1 unspecified atom stereocenters. The number of aliphatic carboxylic acids is 2. The van der Waals surface area contributed by atoms with Crippen LogP contribution in [0.15, 0.2) is 0 Å². The average molecular weight is 148 g/mol. The minimum atomic E-state index is -1.46. The maximum Gasteiger partial charge on any atom is 0.320 e. The molecule has 10 heavy (non-hydrogen) atoms. The van der Waals surface area contributed by atoms with E-state index in [2.05, 4.69) is 0 Å². The van der Waals surface area contributed by atoms with Gasteiger partial charge in [0.05, 0.1) is 0 Å². The summed E-state index contributed by atoms with van der Waals surface area (Å²) in [5.41, 5.74) is 4.97. The largest absolute Gasteiger partial charge is 0.481 e. The summed E-state index contributed by atoms with van der Waals surface area (Å²) in [6.07, 6.45) is -1.83. The zero-order chi connectivity index (χ0) is 9.02.